The van der Waals surface area contributed by atoms with E-state index in [0.717, 1.165) is 101 Å². The number of ketones is 1. The first kappa shape index (κ1) is 67.7. The second-order valence-corrected chi connectivity index (χ2v) is 32.1. The van der Waals surface area contributed by atoms with Crippen molar-refractivity contribution in [2.45, 2.75) is 223 Å². The fourth-order valence-corrected chi connectivity index (χ4v) is 13.1. The summed E-state index contributed by atoms with van der Waals surface area (Å²) in [5.74, 6) is 4.82. The Bertz CT molecular complexity index is 3370. The van der Waals surface area contributed by atoms with E-state index in [1.807, 2.05) is 0 Å². The van der Waals surface area contributed by atoms with Crippen LogP contribution in [0.4, 0.5) is 0 Å². The Morgan fingerprint density at radius 3 is 0.678 bits per heavy atom. The molecule has 1 aliphatic carbocycles. The maximum atomic E-state index is 14.3. The predicted octanol–water partition coefficient (Wildman–Crippen LogP) is 19.5. The first-order valence-electron chi connectivity index (χ1n) is 33.2. The highest BCUT2D eigenvalue weighted by Crippen LogP contribution is 2.47. The summed E-state index contributed by atoms with van der Waals surface area (Å²) in [7, 11) is 0. The molecule has 90 heavy (non-hydrogen) atoms. The van der Waals surface area contributed by atoms with Crippen LogP contribution in [0.1, 0.15) is 252 Å². The standard InChI is InChI=1S/C82H104O7S/c1-23-84-70-49-27-50-34-64(78(8,9)10)38-54(71(50)85-24-2)30-59-43-68(82(20,21)22)44-60-32-56-40-66(80(14,15)16)36-52(73(56)87-26-4)28-51-35-65(79(11,12)13)39-55(72(51)86-25-3)31-58-42-67(81(17,18)19)41-57(29-53(70)37-63(33-49)77(5,6)7)74(58)88-47-61-45-69(83)46-62(76(61)90)48-89-75(59)60/h33-46H,23-32,47-48H2,1-22H3. The van der Waals surface area contributed by atoms with Crippen LogP contribution < -0.4 is 28.4 Å². The number of rotatable bonds is 8. The minimum absolute atomic E-state index is 0.0701. The van der Waals surface area contributed by atoms with Gasteiger partial charge in [0.1, 0.15) is 47.7 Å². The summed E-state index contributed by atoms with van der Waals surface area (Å²) in [5, 5.41) is 0. The van der Waals surface area contributed by atoms with Gasteiger partial charge in [0, 0.05) is 49.7 Å². The molecule has 0 amide bonds. The van der Waals surface area contributed by atoms with E-state index in [1.165, 1.54) is 33.4 Å². The molecule has 12 bridgehead atoms. The number of carbonyl (C=O) groups is 1. The highest BCUT2D eigenvalue weighted by Gasteiger charge is 2.33. The number of hydrogen-bond acceptors (Lipinski definition) is 8. The molecule has 0 aromatic heterocycles. The predicted molar refractivity (Wildman–Crippen MR) is 377 cm³/mol. The lowest BCUT2D eigenvalue weighted by atomic mass is 9.79. The summed E-state index contributed by atoms with van der Waals surface area (Å²) >= 11 is 6.53. The third-order valence-electron chi connectivity index (χ3n) is 18.1. The molecule has 0 fully saturated rings. The van der Waals surface area contributed by atoms with E-state index in [0.29, 0.717) is 81.0 Å². The van der Waals surface area contributed by atoms with Gasteiger partial charge in [0.2, 0.25) is 0 Å². The van der Waals surface area contributed by atoms with Crippen molar-refractivity contribution >= 4 is 22.9 Å². The van der Waals surface area contributed by atoms with Crippen molar-refractivity contribution in [3.05, 3.63) is 196 Å². The average Bonchev–Trinajstić information content (AvgIpc) is 0.846. The zero-order valence-electron chi connectivity index (χ0n) is 58.8. The van der Waals surface area contributed by atoms with Crippen LogP contribution >= 0.6 is 12.2 Å². The maximum absolute atomic E-state index is 14.3. The van der Waals surface area contributed by atoms with Crippen molar-refractivity contribution < 1.29 is 33.2 Å². The Morgan fingerprint density at radius 1 is 0.322 bits per heavy atom. The largest absolute Gasteiger partial charge is 0.493 e. The van der Waals surface area contributed by atoms with Gasteiger partial charge in [-0.15, -0.1) is 0 Å². The van der Waals surface area contributed by atoms with E-state index in [9.17, 15) is 4.79 Å². The topological polar surface area (TPSA) is 72.5 Å². The molecule has 3 aliphatic rings. The maximum Gasteiger partial charge on any atom is 0.179 e. The van der Waals surface area contributed by atoms with Gasteiger partial charge in [0.05, 0.1) is 31.3 Å². The van der Waals surface area contributed by atoms with Crippen LogP contribution in [0.2, 0.25) is 0 Å². The second kappa shape index (κ2) is 25.8. The van der Waals surface area contributed by atoms with Crippen LogP contribution in [0.15, 0.2) is 96.1 Å². The molecule has 0 radical (unpaired) electrons. The summed E-state index contributed by atoms with van der Waals surface area (Å²) in [6.07, 6.45) is 6.45. The van der Waals surface area contributed by atoms with E-state index in [-0.39, 0.29) is 51.5 Å². The van der Waals surface area contributed by atoms with Crippen molar-refractivity contribution in [1.82, 2.24) is 0 Å². The van der Waals surface area contributed by atoms with Gasteiger partial charge in [-0.3, -0.25) is 4.79 Å². The van der Waals surface area contributed by atoms with Crippen molar-refractivity contribution in [3.63, 3.8) is 0 Å². The fourth-order valence-electron chi connectivity index (χ4n) is 12.9. The lowest BCUT2D eigenvalue weighted by Gasteiger charge is -2.29. The summed E-state index contributed by atoms with van der Waals surface area (Å²) < 4.78 is 43.2. The molecule has 0 spiro atoms. The van der Waals surface area contributed by atoms with Crippen molar-refractivity contribution in [2.24, 2.45) is 0 Å². The third kappa shape index (κ3) is 15.0. The smallest absolute Gasteiger partial charge is 0.179 e. The van der Waals surface area contributed by atoms with Crippen LogP contribution in [-0.4, -0.2) is 50.3 Å². The average molecular weight is 1230 g/mol. The van der Waals surface area contributed by atoms with Crippen molar-refractivity contribution in [3.8, 4) is 34.5 Å². The van der Waals surface area contributed by atoms with Gasteiger partial charge in [0.25, 0.3) is 0 Å². The molecule has 2 aliphatic heterocycles. The molecule has 9 rings (SSSR count). The first-order chi connectivity index (χ1) is 42.0. The molecule has 7 nitrogen and oxygen atoms in total. The number of hydrogen-bond donors (Lipinski definition) is 0. The minimum Gasteiger partial charge on any atom is -0.493 e. The minimum atomic E-state index is -0.260. The first-order valence-corrected chi connectivity index (χ1v) is 33.6. The van der Waals surface area contributed by atoms with E-state index in [2.05, 4.69) is 225 Å². The number of thiocarbonyl (C=S) groups is 1. The number of fused-ring (bicyclic) bond motifs is 10. The van der Waals surface area contributed by atoms with Gasteiger partial charge < -0.3 is 28.4 Å². The SMILES string of the molecule is CCOc1c2cc(C(C)(C)C)cc1Cc1cc(C(C)(C)C)cc3c1OCC1=CC(=O)C=C(COc4c(cc(C(C)(C)C)cc4Cc4cc(C(C)(C)C)cc(c4OCC)Cc4cc(C(C)(C)C)cc(c4OCC)C3)Cc3cc(C(C)(C)C)cc(c3OCC)C2)C1=S. The lowest BCUT2D eigenvalue weighted by Crippen LogP contribution is -2.23. The fraction of sp³-hybridized carbons (Fsp3) is 0.488. The van der Waals surface area contributed by atoms with Gasteiger partial charge in [-0.1, -0.05) is 210 Å². The highest BCUT2D eigenvalue weighted by molar-refractivity contribution is 7.81. The summed E-state index contributed by atoms with van der Waals surface area (Å²) in [4.78, 5) is 14.9. The molecule has 6 aromatic rings. The summed E-state index contributed by atoms with van der Waals surface area (Å²) in [5.41, 5.74) is 19.8. The molecule has 6 aromatic carbocycles. The van der Waals surface area contributed by atoms with Crippen LogP contribution in [0, 0.1) is 0 Å². The van der Waals surface area contributed by atoms with Gasteiger partial charge in [-0.05, 0) is 172 Å². The Kier molecular flexibility index (Phi) is 19.4. The normalized spacial score (nSPS) is 15.2. The highest BCUT2D eigenvalue weighted by atomic mass is 32.1. The molecule has 2 heterocycles. The molecule has 0 saturated carbocycles. The Balaban J connectivity index is 1.52. The molecular weight excluding hydrogens is 1130 g/mol. The third-order valence-corrected chi connectivity index (χ3v) is 18.6. The quantitative estimate of drug-likeness (QED) is 0.139. The van der Waals surface area contributed by atoms with Gasteiger partial charge in [-0.2, -0.15) is 0 Å². The molecule has 8 heteroatoms. The lowest BCUT2D eigenvalue weighted by molar-refractivity contribution is -0.110. The number of benzene rings is 6. The number of carbonyl (C=O) groups excluding carboxylic acids is 1. The second-order valence-electron chi connectivity index (χ2n) is 31.7. The Labute approximate surface area is 546 Å². The van der Waals surface area contributed by atoms with Crippen molar-refractivity contribution in [1.29, 1.82) is 0 Å². The zero-order valence-corrected chi connectivity index (χ0v) is 59.7. The molecule has 480 valence electrons. The van der Waals surface area contributed by atoms with Gasteiger partial charge >= 0.3 is 0 Å². The van der Waals surface area contributed by atoms with Gasteiger partial charge in [0.15, 0.2) is 5.78 Å². The number of allylic oxidation sites excluding steroid dienone is 2. The zero-order chi connectivity index (χ0) is 65.8. The Morgan fingerprint density at radius 2 is 0.500 bits per heavy atom. The Hall–Kier alpha value is -6.64. The molecule has 0 saturated heterocycles. The number of ether oxygens (including phenoxy) is 6. The summed E-state index contributed by atoms with van der Waals surface area (Å²) in [6, 6.07) is 28.4. The molecular formula is C82H104O7S. The van der Waals surface area contributed by atoms with E-state index in [1.54, 1.807) is 12.2 Å². The van der Waals surface area contributed by atoms with Gasteiger partial charge in [-0.25, -0.2) is 0 Å². The molecule has 0 atom stereocenters. The van der Waals surface area contributed by atoms with E-state index >= 15 is 0 Å². The molecule has 0 unspecified atom stereocenters. The molecule has 0 N–H and O–H groups in total. The summed E-state index contributed by atoms with van der Waals surface area (Å²) in [6.45, 7) is 51.7. The van der Waals surface area contributed by atoms with Crippen LogP contribution in [-0.2, 0) is 75.8 Å². The van der Waals surface area contributed by atoms with E-state index in [4.69, 9.17) is 40.6 Å². The van der Waals surface area contributed by atoms with Crippen LogP contribution in [0.25, 0.3) is 0 Å². The van der Waals surface area contributed by atoms with Crippen LogP contribution in [0.3, 0.4) is 0 Å². The van der Waals surface area contributed by atoms with Crippen LogP contribution in [0.5, 0.6) is 34.5 Å². The van der Waals surface area contributed by atoms with Crippen molar-refractivity contribution in [2.75, 3.05) is 39.6 Å². The monoisotopic (exact) mass is 1230 g/mol. The van der Waals surface area contributed by atoms with E-state index < -0.39 is 0 Å².